The predicted molar refractivity (Wildman–Crippen MR) is 68.2 cm³/mol. The van der Waals surface area contributed by atoms with Crippen LogP contribution in [0, 0.1) is 16.6 Å². The van der Waals surface area contributed by atoms with Crippen molar-refractivity contribution in [2.45, 2.75) is 6.92 Å². The zero-order chi connectivity index (χ0) is 9.97. The van der Waals surface area contributed by atoms with Crippen molar-refractivity contribution in [3.63, 3.8) is 0 Å². The standard InChI is InChI=1S/C13H10I/c1-10-4-2-3-5-13(10)11-6-8-12(14)9-7-11/h2-8H,1H3. The summed E-state index contributed by atoms with van der Waals surface area (Å²) in [6.45, 7) is 2.13. The highest BCUT2D eigenvalue weighted by atomic mass is 127. The van der Waals surface area contributed by atoms with Crippen LogP contribution in [0.25, 0.3) is 11.1 Å². The molecule has 0 unspecified atom stereocenters. The monoisotopic (exact) mass is 293 g/mol. The minimum Gasteiger partial charge on any atom is -0.0620 e. The van der Waals surface area contributed by atoms with E-state index >= 15 is 0 Å². The van der Waals surface area contributed by atoms with Crippen LogP contribution in [0.2, 0.25) is 0 Å². The van der Waals surface area contributed by atoms with E-state index in [9.17, 15) is 0 Å². The SMILES string of the molecule is Cc1ccccc1-c1c[c]c(I)cc1. The molecule has 0 aliphatic carbocycles. The fourth-order valence-electron chi connectivity index (χ4n) is 1.47. The van der Waals surface area contributed by atoms with Crippen LogP contribution >= 0.6 is 22.6 Å². The Bertz CT molecular complexity index is 429. The normalized spacial score (nSPS) is 10.1. The van der Waals surface area contributed by atoms with Gasteiger partial charge < -0.3 is 0 Å². The molecule has 14 heavy (non-hydrogen) atoms. The fraction of sp³-hybridized carbons (Fsp3) is 0.0769. The van der Waals surface area contributed by atoms with Crippen molar-refractivity contribution in [1.29, 1.82) is 0 Å². The van der Waals surface area contributed by atoms with E-state index in [0.717, 1.165) is 3.57 Å². The highest BCUT2D eigenvalue weighted by molar-refractivity contribution is 14.1. The summed E-state index contributed by atoms with van der Waals surface area (Å²) in [6.07, 6.45) is 0. The lowest BCUT2D eigenvalue weighted by Gasteiger charge is -2.04. The van der Waals surface area contributed by atoms with Gasteiger partial charge in [0.25, 0.3) is 0 Å². The summed E-state index contributed by atoms with van der Waals surface area (Å²) in [5, 5.41) is 0. The molecule has 1 radical (unpaired) electrons. The number of halogens is 1. The van der Waals surface area contributed by atoms with Gasteiger partial charge in [-0.2, -0.15) is 0 Å². The number of aryl methyl sites for hydroxylation is 1. The number of rotatable bonds is 1. The van der Waals surface area contributed by atoms with Crippen LogP contribution in [-0.4, -0.2) is 0 Å². The Labute approximate surface area is 98.1 Å². The van der Waals surface area contributed by atoms with E-state index in [1.807, 2.05) is 6.07 Å². The second kappa shape index (κ2) is 4.13. The molecule has 0 aliphatic heterocycles. The van der Waals surface area contributed by atoms with Crippen LogP contribution in [0.15, 0.2) is 42.5 Å². The molecule has 0 fully saturated rings. The zero-order valence-electron chi connectivity index (χ0n) is 7.92. The predicted octanol–water partition coefficient (Wildman–Crippen LogP) is 4.07. The average Bonchev–Trinajstić information content (AvgIpc) is 2.20. The number of hydrogen-bond donors (Lipinski definition) is 0. The van der Waals surface area contributed by atoms with E-state index in [-0.39, 0.29) is 0 Å². The summed E-state index contributed by atoms with van der Waals surface area (Å²) >= 11 is 2.27. The average molecular weight is 293 g/mol. The van der Waals surface area contributed by atoms with Crippen LogP contribution < -0.4 is 0 Å². The Morgan fingerprint density at radius 2 is 1.86 bits per heavy atom. The Balaban J connectivity index is 2.50. The van der Waals surface area contributed by atoms with Gasteiger partial charge in [-0.15, -0.1) is 0 Å². The van der Waals surface area contributed by atoms with Gasteiger partial charge in [0.1, 0.15) is 0 Å². The summed E-state index contributed by atoms with van der Waals surface area (Å²) in [5.74, 6) is 0. The molecule has 69 valence electrons. The van der Waals surface area contributed by atoms with E-state index in [1.54, 1.807) is 0 Å². The molecule has 0 heterocycles. The molecule has 0 aliphatic rings. The van der Waals surface area contributed by atoms with E-state index in [2.05, 4.69) is 72.0 Å². The second-order valence-electron chi connectivity index (χ2n) is 3.24. The third-order valence-corrected chi connectivity index (χ3v) is 2.90. The van der Waals surface area contributed by atoms with E-state index in [1.165, 1.54) is 16.7 Å². The lowest BCUT2D eigenvalue weighted by Crippen LogP contribution is -1.82. The topological polar surface area (TPSA) is 0 Å². The largest absolute Gasteiger partial charge is 0.0620 e. The van der Waals surface area contributed by atoms with Crippen LogP contribution in [-0.2, 0) is 0 Å². The zero-order valence-corrected chi connectivity index (χ0v) is 10.1. The first kappa shape index (κ1) is 9.71. The van der Waals surface area contributed by atoms with Gasteiger partial charge in [0.05, 0.1) is 0 Å². The first-order valence-electron chi connectivity index (χ1n) is 4.50. The summed E-state index contributed by atoms with van der Waals surface area (Å²) in [5.41, 5.74) is 3.84. The van der Waals surface area contributed by atoms with Crippen LogP contribution in [0.5, 0.6) is 0 Å². The van der Waals surface area contributed by atoms with E-state index < -0.39 is 0 Å². The Hall–Kier alpha value is -0.830. The molecule has 1 heteroatoms. The summed E-state index contributed by atoms with van der Waals surface area (Å²) in [6, 6.07) is 17.9. The van der Waals surface area contributed by atoms with Crippen molar-refractivity contribution in [2.75, 3.05) is 0 Å². The van der Waals surface area contributed by atoms with Crippen molar-refractivity contribution in [1.82, 2.24) is 0 Å². The van der Waals surface area contributed by atoms with E-state index in [4.69, 9.17) is 0 Å². The molecular weight excluding hydrogens is 283 g/mol. The Kier molecular flexibility index (Phi) is 2.87. The number of hydrogen-bond acceptors (Lipinski definition) is 0. The van der Waals surface area contributed by atoms with Gasteiger partial charge in [0, 0.05) is 3.57 Å². The highest BCUT2D eigenvalue weighted by Crippen LogP contribution is 2.23. The molecule has 0 amide bonds. The molecule has 2 aromatic rings. The summed E-state index contributed by atoms with van der Waals surface area (Å²) < 4.78 is 1.15. The fourth-order valence-corrected chi connectivity index (χ4v) is 1.81. The molecule has 0 nitrogen and oxygen atoms in total. The van der Waals surface area contributed by atoms with Crippen molar-refractivity contribution in [2.24, 2.45) is 0 Å². The first-order valence-corrected chi connectivity index (χ1v) is 5.58. The highest BCUT2D eigenvalue weighted by Gasteiger charge is 1.99. The van der Waals surface area contributed by atoms with Crippen molar-refractivity contribution in [3.8, 4) is 11.1 Å². The molecule has 0 atom stereocenters. The van der Waals surface area contributed by atoms with Gasteiger partial charge in [-0.1, -0.05) is 30.3 Å². The van der Waals surface area contributed by atoms with Gasteiger partial charge in [0.2, 0.25) is 0 Å². The third kappa shape index (κ3) is 1.98. The Morgan fingerprint density at radius 3 is 2.50 bits per heavy atom. The molecule has 0 saturated heterocycles. The Morgan fingerprint density at radius 1 is 1.07 bits per heavy atom. The van der Waals surface area contributed by atoms with E-state index in [0.29, 0.717) is 0 Å². The quantitative estimate of drug-likeness (QED) is 0.695. The lowest BCUT2D eigenvalue weighted by molar-refractivity contribution is 1.45. The maximum Gasteiger partial charge on any atom is 0.0209 e. The summed E-state index contributed by atoms with van der Waals surface area (Å²) in [4.78, 5) is 0. The maximum absolute atomic E-state index is 3.21. The van der Waals surface area contributed by atoms with Gasteiger partial charge in [-0.25, -0.2) is 0 Å². The van der Waals surface area contributed by atoms with Gasteiger partial charge in [0.15, 0.2) is 0 Å². The number of benzene rings is 2. The molecule has 0 aromatic heterocycles. The molecule has 0 N–H and O–H groups in total. The molecule has 0 saturated carbocycles. The van der Waals surface area contributed by atoms with Crippen molar-refractivity contribution < 1.29 is 0 Å². The lowest BCUT2D eigenvalue weighted by atomic mass is 10.0. The van der Waals surface area contributed by atoms with Gasteiger partial charge in [-0.05, 0) is 64.4 Å². The maximum atomic E-state index is 3.21. The van der Waals surface area contributed by atoms with Crippen LogP contribution in [0.3, 0.4) is 0 Å². The summed E-state index contributed by atoms with van der Waals surface area (Å²) in [7, 11) is 0. The van der Waals surface area contributed by atoms with Crippen LogP contribution in [0.1, 0.15) is 5.56 Å². The third-order valence-electron chi connectivity index (χ3n) is 2.23. The minimum absolute atomic E-state index is 1.15. The van der Waals surface area contributed by atoms with Gasteiger partial charge in [-0.3, -0.25) is 0 Å². The van der Waals surface area contributed by atoms with Crippen LogP contribution in [0.4, 0.5) is 0 Å². The molecule has 2 aromatic carbocycles. The van der Waals surface area contributed by atoms with Gasteiger partial charge >= 0.3 is 0 Å². The molecular formula is C13H10I. The van der Waals surface area contributed by atoms with Crippen molar-refractivity contribution >= 4 is 22.6 Å². The minimum atomic E-state index is 1.15. The molecule has 0 bridgehead atoms. The second-order valence-corrected chi connectivity index (χ2v) is 4.40. The molecule has 2 rings (SSSR count). The molecule has 0 spiro atoms. The smallest absolute Gasteiger partial charge is 0.0209 e. The first-order chi connectivity index (χ1) is 6.77. The van der Waals surface area contributed by atoms with Crippen molar-refractivity contribution in [3.05, 3.63) is 57.7 Å².